The quantitative estimate of drug-likeness (QED) is 0.741. The smallest absolute Gasteiger partial charge is 0.182 e. The second-order valence-electron chi connectivity index (χ2n) is 6.46. The van der Waals surface area contributed by atoms with Crippen molar-refractivity contribution in [3.63, 3.8) is 0 Å². The molecule has 0 radical (unpaired) electrons. The number of hydrogen-bond acceptors (Lipinski definition) is 4. The van der Waals surface area contributed by atoms with Crippen LogP contribution >= 0.6 is 11.8 Å². The van der Waals surface area contributed by atoms with Gasteiger partial charge in [0.05, 0.1) is 6.54 Å². The summed E-state index contributed by atoms with van der Waals surface area (Å²) < 4.78 is 0. The lowest BCUT2D eigenvalue weighted by molar-refractivity contribution is 0.100. The minimum Gasteiger partial charge on any atom is -0.313 e. The Balaban J connectivity index is 1.94. The zero-order valence-corrected chi connectivity index (χ0v) is 15.9. The minimum absolute atomic E-state index is 0.120. The van der Waals surface area contributed by atoms with Gasteiger partial charge in [0.1, 0.15) is 0 Å². The number of benzene rings is 2. The summed E-state index contributed by atoms with van der Waals surface area (Å²) in [4.78, 5) is 19.7. The molecule has 130 valence electrons. The third-order valence-electron chi connectivity index (χ3n) is 4.55. The molecule has 0 aliphatic carbocycles. The molecular formula is C21H24N2OS. The Hall–Kier alpha value is -2.07. The van der Waals surface area contributed by atoms with Gasteiger partial charge in [-0.2, -0.15) is 0 Å². The van der Waals surface area contributed by atoms with Gasteiger partial charge in [-0.1, -0.05) is 53.7 Å². The third-order valence-corrected chi connectivity index (χ3v) is 5.65. The fraction of sp³-hybridized carbons (Fsp3) is 0.333. The summed E-state index contributed by atoms with van der Waals surface area (Å²) in [7, 11) is 0. The van der Waals surface area contributed by atoms with Crippen molar-refractivity contribution in [2.75, 3.05) is 23.7 Å². The Morgan fingerprint density at radius 2 is 1.88 bits per heavy atom. The highest BCUT2D eigenvalue weighted by atomic mass is 32.2. The van der Waals surface area contributed by atoms with Crippen molar-refractivity contribution in [2.24, 2.45) is 4.99 Å². The van der Waals surface area contributed by atoms with Crippen LogP contribution in [-0.2, 0) is 0 Å². The minimum atomic E-state index is 0.120. The highest BCUT2D eigenvalue weighted by Gasteiger charge is 2.22. The summed E-state index contributed by atoms with van der Waals surface area (Å²) in [5, 5.41) is 0.959. The van der Waals surface area contributed by atoms with E-state index < -0.39 is 0 Å². The number of nitrogens with zero attached hydrogens (tertiary/aromatic N) is 2. The standard InChI is InChI=1S/C21H24N2OS/c1-15-8-10-18(11-9-15)20(24)14-23(21-22-12-5-13-25-21)19-7-4-6-16(2)17(19)3/h4,6-11H,5,12-14H2,1-3H3. The molecule has 0 N–H and O–H groups in total. The van der Waals surface area contributed by atoms with Crippen molar-refractivity contribution < 1.29 is 4.79 Å². The van der Waals surface area contributed by atoms with Gasteiger partial charge in [-0.05, 0) is 44.4 Å². The van der Waals surface area contributed by atoms with E-state index in [0.717, 1.165) is 40.7 Å². The Morgan fingerprint density at radius 1 is 1.12 bits per heavy atom. The molecule has 0 spiro atoms. The first-order valence-electron chi connectivity index (χ1n) is 8.67. The molecule has 3 nitrogen and oxygen atoms in total. The van der Waals surface area contributed by atoms with Gasteiger partial charge in [-0.15, -0.1) is 0 Å². The average Bonchev–Trinajstić information content (AvgIpc) is 2.63. The van der Waals surface area contributed by atoms with E-state index in [-0.39, 0.29) is 5.78 Å². The first kappa shape index (κ1) is 17.7. The molecule has 2 aromatic rings. The summed E-state index contributed by atoms with van der Waals surface area (Å²) in [6.45, 7) is 7.41. The highest BCUT2D eigenvalue weighted by Crippen LogP contribution is 2.28. The summed E-state index contributed by atoms with van der Waals surface area (Å²) in [6, 6.07) is 14.0. The van der Waals surface area contributed by atoms with Gasteiger partial charge in [-0.3, -0.25) is 9.79 Å². The largest absolute Gasteiger partial charge is 0.313 e. The van der Waals surface area contributed by atoms with Gasteiger partial charge < -0.3 is 4.90 Å². The number of aliphatic imine (C=N–C) groups is 1. The SMILES string of the molecule is Cc1ccc(C(=O)CN(C2=NCCCS2)c2cccc(C)c2C)cc1. The topological polar surface area (TPSA) is 32.7 Å². The van der Waals surface area contributed by atoms with Crippen LogP contribution in [0, 0.1) is 20.8 Å². The van der Waals surface area contributed by atoms with Crippen LogP contribution in [0.2, 0.25) is 0 Å². The number of thioether (sulfide) groups is 1. The van der Waals surface area contributed by atoms with Crippen LogP contribution < -0.4 is 4.90 Å². The lowest BCUT2D eigenvalue weighted by atomic mass is 10.1. The van der Waals surface area contributed by atoms with Gasteiger partial charge in [0.25, 0.3) is 0 Å². The van der Waals surface area contributed by atoms with Crippen molar-refractivity contribution in [1.82, 2.24) is 0 Å². The van der Waals surface area contributed by atoms with E-state index in [0.29, 0.717) is 6.54 Å². The first-order valence-corrected chi connectivity index (χ1v) is 9.65. The van der Waals surface area contributed by atoms with Crippen LogP contribution in [0.25, 0.3) is 0 Å². The zero-order valence-electron chi connectivity index (χ0n) is 15.1. The highest BCUT2D eigenvalue weighted by molar-refractivity contribution is 8.14. The summed E-state index contributed by atoms with van der Waals surface area (Å²) >= 11 is 1.74. The number of ketones is 1. The summed E-state index contributed by atoms with van der Waals surface area (Å²) in [5.74, 6) is 1.17. The van der Waals surface area contributed by atoms with Crippen LogP contribution in [0.5, 0.6) is 0 Å². The molecule has 0 atom stereocenters. The number of carbonyl (C=O) groups is 1. The van der Waals surface area contributed by atoms with Crippen molar-refractivity contribution in [1.29, 1.82) is 0 Å². The van der Waals surface area contributed by atoms with Gasteiger partial charge in [0.15, 0.2) is 11.0 Å². The fourth-order valence-electron chi connectivity index (χ4n) is 2.87. The molecule has 0 unspecified atom stereocenters. The fourth-order valence-corrected chi connectivity index (χ4v) is 3.83. The maximum Gasteiger partial charge on any atom is 0.182 e. The lowest BCUT2D eigenvalue weighted by Crippen LogP contribution is -2.36. The van der Waals surface area contributed by atoms with Crippen LogP contribution in [-0.4, -0.2) is 29.8 Å². The van der Waals surface area contributed by atoms with E-state index in [2.05, 4.69) is 36.9 Å². The number of amidine groups is 1. The molecule has 25 heavy (non-hydrogen) atoms. The van der Waals surface area contributed by atoms with E-state index in [1.165, 1.54) is 11.1 Å². The molecule has 0 bridgehead atoms. The van der Waals surface area contributed by atoms with Crippen molar-refractivity contribution in [3.8, 4) is 0 Å². The second kappa shape index (κ2) is 7.87. The molecule has 1 aliphatic rings. The van der Waals surface area contributed by atoms with E-state index in [9.17, 15) is 4.79 Å². The van der Waals surface area contributed by atoms with Crippen LogP contribution in [0.4, 0.5) is 5.69 Å². The Kier molecular flexibility index (Phi) is 5.59. The van der Waals surface area contributed by atoms with Crippen molar-refractivity contribution >= 4 is 28.4 Å². The van der Waals surface area contributed by atoms with Crippen LogP contribution in [0.15, 0.2) is 47.5 Å². The molecule has 1 aliphatic heterocycles. The first-order chi connectivity index (χ1) is 12.1. The maximum atomic E-state index is 12.9. The Bertz CT molecular complexity index is 796. The Morgan fingerprint density at radius 3 is 2.56 bits per heavy atom. The number of anilines is 1. The van der Waals surface area contributed by atoms with Gasteiger partial charge in [0, 0.05) is 23.5 Å². The molecule has 0 saturated carbocycles. The number of hydrogen-bond donors (Lipinski definition) is 0. The zero-order chi connectivity index (χ0) is 17.8. The molecule has 4 heteroatoms. The van der Waals surface area contributed by atoms with Crippen molar-refractivity contribution in [3.05, 3.63) is 64.7 Å². The number of Topliss-reactive ketones (excluding diaryl/α,β-unsaturated/α-hetero) is 1. The van der Waals surface area contributed by atoms with E-state index >= 15 is 0 Å². The monoisotopic (exact) mass is 352 g/mol. The third kappa shape index (κ3) is 4.13. The van der Waals surface area contributed by atoms with Crippen molar-refractivity contribution in [2.45, 2.75) is 27.2 Å². The normalized spacial score (nSPS) is 14.1. The molecule has 0 saturated heterocycles. The average molecular weight is 353 g/mol. The maximum absolute atomic E-state index is 12.9. The molecule has 0 amide bonds. The second-order valence-corrected chi connectivity index (χ2v) is 7.52. The molecule has 0 aromatic heterocycles. The summed E-state index contributed by atoms with van der Waals surface area (Å²) in [5.41, 5.74) is 5.42. The van der Waals surface area contributed by atoms with E-state index in [1.807, 2.05) is 31.2 Å². The summed E-state index contributed by atoms with van der Waals surface area (Å²) in [6.07, 6.45) is 1.10. The molecular weight excluding hydrogens is 328 g/mol. The van der Waals surface area contributed by atoms with E-state index in [1.54, 1.807) is 11.8 Å². The predicted molar refractivity (Wildman–Crippen MR) is 108 cm³/mol. The number of aryl methyl sites for hydroxylation is 2. The van der Waals surface area contributed by atoms with Crippen LogP contribution in [0.1, 0.15) is 33.5 Å². The number of rotatable bonds is 4. The predicted octanol–water partition coefficient (Wildman–Crippen LogP) is 4.79. The lowest BCUT2D eigenvalue weighted by Gasteiger charge is -2.29. The molecule has 0 fully saturated rings. The Labute approximate surface area is 154 Å². The molecule has 1 heterocycles. The molecule has 2 aromatic carbocycles. The van der Waals surface area contributed by atoms with Crippen LogP contribution in [0.3, 0.4) is 0 Å². The number of carbonyl (C=O) groups excluding carboxylic acids is 1. The van der Waals surface area contributed by atoms with E-state index in [4.69, 9.17) is 4.99 Å². The van der Waals surface area contributed by atoms with Gasteiger partial charge in [0.2, 0.25) is 0 Å². The van der Waals surface area contributed by atoms with Gasteiger partial charge in [-0.25, -0.2) is 0 Å². The molecule has 3 rings (SSSR count). The van der Waals surface area contributed by atoms with Gasteiger partial charge >= 0.3 is 0 Å².